The van der Waals surface area contributed by atoms with Gasteiger partial charge in [0, 0.05) is 12.6 Å². The van der Waals surface area contributed by atoms with Crippen molar-refractivity contribution in [2.24, 2.45) is 0 Å². The molecule has 1 aliphatic rings. The van der Waals surface area contributed by atoms with Crippen molar-refractivity contribution in [3.63, 3.8) is 0 Å². The first kappa shape index (κ1) is 24.3. The van der Waals surface area contributed by atoms with Gasteiger partial charge in [-0.15, -0.1) is 0 Å². The number of hydrogen-bond donors (Lipinski definition) is 1. The summed E-state index contributed by atoms with van der Waals surface area (Å²) in [6, 6.07) is 5.56. The predicted octanol–water partition coefficient (Wildman–Crippen LogP) is 3.37. The van der Waals surface area contributed by atoms with E-state index in [2.05, 4.69) is 31.0 Å². The summed E-state index contributed by atoms with van der Waals surface area (Å²) in [5, 5.41) is 40.2. The van der Waals surface area contributed by atoms with Crippen LogP contribution >= 0.6 is 0 Å². The zero-order valence-electron chi connectivity index (χ0n) is 17.8. The van der Waals surface area contributed by atoms with Crippen molar-refractivity contribution in [1.29, 1.82) is 0 Å². The first-order valence-corrected chi connectivity index (χ1v) is 9.27. The monoisotopic (exact) mass is 450 g/mol. The van der Waals surface area contributed by atoms with Crippen molar-refractivity contribution in [1.82, 2.24) is 4.90 Å². The fourth-order valence-electron chi connectivity index (χ4n) is 3.24. The highest BCUT2D eigenvalue weighted by atomic mass is 16.6. The maximum absolute atomic E-state index is 10.4. The van der Waals surface area contributed by atoms with Crippen LogP contribution in [-0.4, -0.2) is 52.6 Å². The van der Waals surface area contributed by atoms with E-state index >= 15 is 0 Å². The number of ether oxygens (including phenoxy) is 2. The fraction of sp³-hybridized carbons (Fsp3) is 0.368. The lowest BCUT2D eigenvalue weighted by Crippen LogP contribution is -2.30. The van der Waals surface area contributed by atoms with Crippen molar-refractivity contribution in [2.75, 3.05) is 27.8 Å². The molecule has 1 unspecified atom stereocenters. The molecule has 1 aliphatic heterocycles. The van der Waals surface area contributed by atoms with Gasteiger partial charge in [-0.3, -0.25) is 35.2 Å². The molecular weight excluding hydrogens is 428 g/mol. The standard InChI is InChI=1S/C13H19NO2.C6H3N3O7/c1-9-11-8-13(16-4)12(15-3)7-10(11)5-6-14(9)2;10-6-4(8(13)14)1-3(7(11)12)2-5(6)9(15)16/h7-9H,5-6H2,1-4H3;1-2,10H. The molecule has 1 N–H and O–H groups in total. The number of phenols is 1. The van der Waals surface area contributed by atoms with Crippen molar-refractivity contribution in [3.8, 4) is 17.2 Å². The lowest BCUT2D eigenvalue weighted by molar-refractivity contribution is -0.404. The summed E-state index contributed by atoms with van der Waals surface area (Å²) in [7, 11) is 5.52. The number of methoxy groups -OCH3 is 2. The molecule has 3 rings (SSSR count). The van der Waals surface area contributed by atoms with E-state index in [1.54, 1.807) is 14.2 Å². The van der Waals surface area contributed by atoms with Crippen LogP contribution in [0.2, 0.25) is 0 Å². The average molecular weight is 450 g/mol. The number of fused-ring (bicyclic) bond motifs is 1. The average Bonchev–Trinajstić information content (AvgIpc) is 2.75. The topological polar surface area (TPSA) is 171 Å². The number of non-ortho nitro benzene ring substituents is 1. The summed E-state index contributed by atoms with van der Waals surface area (Å²) in [4.78, 5) is 30.1. The van der Waals surface area contributed by atoms with E-state index in [0.717, 1.165) is 24.5 Å². The SMILES string of the molecule is COc1cc2c(cc1OC)C(C)N(C)CC2.O=[N+]([O-])c1cc([N+](=O)[O-])c(O)c([N+](=O)[O-])c1. The summed E-state index contributed by atoms with van der Waals surface area (Å²) < 4.78 is 10.7. The Morgan fingerprint density at radius 2 is 1.44 bits per heavy atom. The molecule has 1 atom stereocenters. The molecule has 2 aromatic carbocycles. The normalized spacial score (nSPS) is 15.1. The van der Waals surface area contributed by atoms with Gasteiger partial charge in [0.25, 0.3) is 11.4 Å². The van der Waals surface area contributed by atoms with Gasteiger partial charge in [0.15, 0.2) is 11.5 Å². The Morgan fingerprint density at radius 3 is 1.88 bits per heavy atom. The minimum Gasteiger partial charge on any atom is -0.497 e. The maximum atomic E-state index is 10.4. The minimum atomic E-state index is -1.21. The quantitative estimate of drug-likeness (QED) is 0.526. The van der Waals surface area contributed by atoms with E-state index in [1.807, 2.05) is 0 Å². The van der Waals surface area contributed by atoms with E-state index < -0.39 is 37.6 Å². The highest BCUT2D eigenvalue weighted by Gasteiger charge is 2.30. The van der Waals surface area contributed by atoms with E-state index in [-0.39, 0.29) is 0 Å². The van der Waals surface area contributed by atoms with Crippen LogP contribution in [-0.2, 0) is 6.42 Å². The van der Waals surface area contributed by atoms with E-state index in [0.29, 0.717) is 18.2 Å². The van der Waals surface area contributed by atoms with Gasteiger partial charge in [0.05, 0.1) is 41.1 Å². The molecular formula is C19H22N4O9. The highest BCUT2D eigenvalue weighted by molar-refractivity contribution is 5.64. The van der Waals surface area contributed by atoms with Crippen molar-refractivity contribution in [3.05, 3.63) is 65.7 Å². The molecule has 0 radical (unpaired) electrons. The molecule has 0 spiro atoms. The molecule has 0 amide bonds. The molecule has 1 heterocycles. The van der Waals surface area contributed by atoms with Crippen LogP contribution in [0, 0.1) is 30.3 Å². The number of nitro benzene ring substituents is 3. The molecule has 0 fully saturated rings. The largest absolute Gasteiger partial charge is 0.497 e. The Bertz CT molecular complexity index is 1020. The first-order valence-electron chi connectivity index (χ1n) is 9.27. The van der Waals surface area contributed by atoms with Gasteiger partial charge in [-0.1, -0.05) is 0 Å². The third-order valence-electron chi connectivity index (χ3n) is 5.15. The zero-order valence-corrected chi connectivity index (χ0v) is 17.8. The van der Waals surface area contributed by atoms with Crippen LogP contribution in [0.5, 0.6) is 17.2 Å². The van der Waals surface area contributed by atoms with Gasteiger partial charge in [-0.2, -0.15) is 0 Å². The second-order valence-corrected chi connectivity index (χ2v) is 6.92. The second kappa shape index (κ2) is 9.87. The summed E-state index contributed by atoms with van der Waals surface area (Å²) in [6.07, 6.45) is 1.08. The Morgan fingerprint density at radius 1 is 0.938 bits per heavy atom. The van der Waals surface area contributed by atoms with Gasteiger partial charge in [0.2, 0.25) is 0 Å². The Kier molecular flexibility index (Phi) is 7.49. The van der Waals surface area contributed by atoms with Gasteiger partial charge < -0.3 is 14.6 Å². The van der Waals surface area contributed by atoms with E-state index in [4.69, 9.17) is 14.6 Å². The van der Waals surface area contributed by atoms with Crippen LogP contribution in [0.25, 0.3) is 0 Å². The van der Waals surface area contributed by atoms with E-state index in [1.165, 1.54) is 11.1 Å². The third kappa shape index (κ3) is 5.00. The Hall–Kier alpha value is -4.00. The Labute approximate surface area is 182 Å². The third-order valence-corrected chi connectivity index (χ3v) is 5.15. The summed E-state index contributed by atoms with van der Waals surface area (Å²) in [5.74, 6) is 0.446. The molecule has 32 heavy (non-hydrogen) atoms. The molecule has 2 aromatic rings. The number of hydrogen-bond acceptors (Lipinski definition) is 10. The van der Waals surface area contributed by atoms with Crippen molar-refractivity contribution < 1.29 is 29.4 Å². The van der Waals surface area contributed by atoms with Crippen LogP contribution < -0.4 is 9.47 Å². The fourth-order valence-corrected chi connectivity index (χ4v) is 3.24. The summed E-state index contributed by atoms with van der Waals surface area (Å²) >= 11 is 0. The molecule has 0 bridgehead atoms. The van der Waals surface area contributed by atoms with Crippen molar-refractivity contribution >= 4 is 17.1 Å². The smallest absolute Gasteiger partial charge is 0.324 e. The minimum absolute atomic E-state index is 0.447. The first-order chi connectivity index (χ1) is 15.0. The van der Waals surface area contributed by atoms with Gasteiger partial charge in [-0.25, -0.2) is 0 Å². The van der Waals surface area contributed by atoms with Gasteiger partial charge in [-0.05, 0) is 43.7 Å². The summed E-state index contributed by atoms with van der Waals surface area (Å²) in [5.41, 5.74) is -0.271. The molecule has 0 aliphatic carbocycles. The lowest BCUT2D eigenvalue weighted by Gasteiger charge is -2.32. The van der Waals surface area contributed by atoms with Crippen LogP contribution in [0.1, 0.15) is 24.1 Å². The van der Waals surface area contributed by atoms with Crippen LogP contribution in [0.3, 0.4) is 0 Å². The number of benzene rings is 2. The lowest BCUT2D eigenvalue weighted by atomic mass is 9.93. The number of phenolic OH excluding ortho intramolecular Hbond substituents is 1. The molecule has 0 saturated carbocycles. The molecule has 172 valence electrons. The highest BCUT2D eigenvalue weighted by Crippen LogP contribution is 2.39. The number of nitro groups is 3. The molecule has 0 aromatic heterocycles. The number of nitrogens with zero attached hydrogens (tertiary/aromatic N) is 4. The van der Waals surface area contributed by atoms with E-state index in [9.17, 15) is 30.3 Å². The molecule has 0 saturated heterocycles. The number of aromatic hydroxyl groups is 1. The van der Waals surface area contributed by atoms with Gasteiger partial charge >= 0.3 is 11.4 Å². The van der Waals surface area contributed by atoms with Crippen molar-refractivity contribution in [2.45, 2.75) is 19.4 Å². The predicted molar refractivity (Wildman–Crippen MR) is 112 cm³/mol. The molecule has 13 heteroatoms. The number of rotatable bonds is 5. The Balaban J connectivity index is 0.000000227. The van der Waals surface area contributed by atoms with Crippen LogP contribution in [0.4, 0.5) is 17.1 Å². The van der Waals surface area contributed by atoms with Crippen LogP contribution in [0.15, 0.2) is 24.3 Å². The van der Waals surface area contributed by atoms with Gasteiger partial charge in [0.1, 0.15) is 0 Å². The summed E-state index contributed by atoms with van der Waals surface area (Å²) in [6.45, 7) is 3.33. The molecule has 13 nitrogen and oxygen atoms in total. The second-order valence-electron chi connectivity index (χ2n) is 6.92. The number of likely N-dealkylation sites (N-methyl/N-ethyl adjacent to an activating group) is 1. The maximum Gasteiger partial charge on any atom is 0.324 e. The zero-order chi connectivity index (χ0) is 24.2.